The summed E-state index contributed by atoms with van der Waals surface area (Å²) in [6.07, 6.45) is -0.0769. The summed E-state index contributed by atoms with van der Waals surface area (Å²) in [7, 11) is 0. The van der Waals surface area contributed by atoms with Gasteiger partial charge in [0.15, 0.2) is 6.29 Å². The number of para-hydroxylation sites is 1. The zero-order valence-corrected chi connectivity index (χ0v) is 6.53. The topological polar surface area (TPSA) is 29.5 Å². The van der Waals surface area contributed by atoms with Crippen LogP contribution in [0.3, 0.4) is 0 Å². The van der Waals surface area contributed by atoms with E-state index in [9.17, 15) is 0 Å². The highest BCUT2D eigenvalue weighted by atomic mass is 16.6. The smallest absolute Gasteiger partial charge is 0.197 e. The first-order valence-electron chi connectivity index (χ1n) is 3.72. The van der Waals surface area contributed by atoms with E-state index in [2.05, 4.69) is 0 Å². The van der Waals surface area contributed by atoms with Crippen LogP contribution >= 0.6 is 0 Å². The summed E-state index contributed by atoms with van der Waals surface area (Å²) >= 11 is 0. The van der Waals surface area contributed by atoms with Crippen molar-refractivity contribution in [1.82, 2.24) is 0 Å². The highest BCUT2D eigenvalue weighted by Gasteiger charge is 1.99. The molecule has 60 valence electrons. The third-order valence-electron chi connectivity index (χ3n) is 1.36. The van der Waals surface area contributed by atoms with Crippen molar-refractivity contribution in [1.29, 1.82) is 0 Å². The van der Waals surface area contributed by atoms with Gasteiger partial charge in [-0.05, 0) is 12.1 Å². The van der Waals surface area contributed by atoms with Gasteiger partial charge >= 0.3 is 0 Å². The second-order valence-corrected chi connectivity index (χ2v) is 2.29. The van der Waals surface area contributed by atoms with Gasteiger partial charge in [0.25, 0.3) is 0 Å². The summed E-state index contributed by atoms with van der Waals surface area (Å²) in [4.78, 5) is 0. The van der Waals surface area contributed by atoms with Crippen molar-refractivity contribution < 1.29 is 9.84 Å². The molecule has 1 atom stereocenters. The van der Waals surface area contributed by atoms with Crippen LogP contribution < -0.4 is 4.74 Å². The Bertz CT molecular complexity index is 196. The van der Waals surface area contributed by atoms with Crippen molar-refractivity contribution in [2.75, 3.05) is 0 Å². The maximum atomic E-state index is 9.09. The van der Waals surface area contributed by atoms with E-state index in [-0.39, 0.29) is 0 Å². The van der Waals surface area contributed by atoms with Gasteiger partial charge in [-0.3, -0.25) is 0 Å². The fourth-order valence-electron chi connectivity index (χ4n) is 0.739. The Morgan fingerprint density at radius 2 is 2.00 bits per heavy atom. The van der Waals surface area contributed by atoms with Gasteiger partial charge in [0, 0.05) is 6.42 Å². The first kappa shape index (κ1) is 8.08. The lowest BCUT2D eigenvalue weighted by Crippen LogP contribution is -2.13. The van der Waals surface area contributed by atoms with Crippen LogP contribution in [0, 0.1) is 0 Å². The van der Waals surface area contributed by atoms with Gasteiger partial charge in [0.1, 0.15) is 5.75 Å². The molecule has 1 N–H and O–H groups in total. The van der Waals surface area contributed by atoms with E-state index < -0.39 is 6.29 Å². The molecule has 1 aromatic rings. The predicted octanol–water partition coefficient (Wildman–Crippen LogP) is 1.79. The Morgan fingerprint density at radius 1 is 1.36 bits per heavy atom. The normalized spacial score (nSPS) is 12.5. The number of aliphatic hydroxyl groups excluding tert-OH is 1. The molecular weight excluding hydrogens is 140 g/mol. The first-order valence-corrected chi connectivity index (χ1v) is 3.72. The summed E-state index contributed by atoms with van der Waals surface area (Å²) < 4.78 is 5.12. The molecule has 1 aromatic carbocycles. The molecule has 2 heteroatoms. The molecule has 11 heavy (non-hydrogen) atoms. The van der Waals surface area contributed by atoms with E-state index in [1.54, 1.807) is 0 Å². The van der Waals surface area contributed by atoms with Crippen molar-refractivity contribution in [3.63, 3.8) is 0 Å². The molecule has 0 aliphatic rings. The van der Waals surface area contributed by atoms with Crippen molar-refractivity contribution in [3.8, 4) is 5.75 Å². The molecule has 0 bridgehead atoms. The molecule has 1 rings (SSSR count). The fraction of sp³-hybridized carbons (Fsp3) is 0.333. The van der Waals surface area contributed by atoms with E-state index in [0.717, 1.165) is 0 Å². The monoisotopic (exact) mass is 152 g/mol. The van der Waals surface area contributed by atoms with Crippen LogP contribution in [-0.4, -0.2) is 11.4 Å². The largest absolute Gasteiger partial charge is 0.465 e. The zero-order chi connectivity index (χ0) is 8.10. The first-order chi connectivity index (χ1) is 5.33. The van der Waals surface area contributed by atoms with Gasteiger partial charge in [-0.15, -0.1) is 0 Å². The molecule has 0 saturated heterocycles. The van der Waals surface area contributed by atoms with Crippen LogP contribution in [0.25, 0.3) is 0 Å². The standard InChI is InChI=1S/C9H12O2/c1-2-9(10)11-8-6-4-3-5-7-8/h3-7,9-10H,2H2,1H3/t9-/m1/s1. The second-order valence-electron chi connectivity index (χ2n) is 2.29. The van der Waals surface area contributed by atoms with Crippen LogP contribution in [0.2, 0.25) is 0 Å². The Kier molecular flexibility index (Phi) is 2.93. The predicted molar refractivity (Wildman–Crippen MR) is 43.4 cm³/mol. The minimum atomic E-state index is -0.683. The molecule has 0 aromatic heterocycles. The minimum Gasteiger partial charge on any atom is -0.465 e. The van der Waals surface area contributed by atoms with E-state index in [1.165, 1.54) is 0 Å². The molecule has 0 saturated carbocycles. The lowest BCUT2D eigenvalue weighted by molar-refractivity contribution is -0.0191. The Hall–Kier alpha value is -1.02. The Labute approximate surface area is 66.4 Å². The van der Waals surface area contributed by atoms with Crippen LogP contribution in [0.4, 0.5) is 0 Å². The maximum absolute atomic E-state index is 9.09. The summed E-state index contributed by atoms with van der Waals surface area (Å²) in [5.74, 6) is 0.710. The molecule has 0 fully saturated rings. The van der Waals surface area contributed by atoms with Crippen LogP contribution in [0.15, 0.2) is 30.3 Å². The molecule has 0 radical (unpaired) electrons. The van der Waals surface area contributed by atoms with Gasteiger partial charge in [-0.25, -0.2) is 0 Å². The average Bonchev–Trinajstić information content (AvgIpc) is 2.06. The Balaban J connectivity index is 2.51. The molecule has 2 nitrogen and oxygen atoms in total. The SMILES string of the molecule is CC[C@H](O)Oc1ccccc1. The third-order valence-corrected chi connectivity index (χ3v) is 1.36. The molecule has 0 aliphatic heterocycles. The number of rotatable bonds is 3. The van der Waals surface area contributed by atoms with Crippen molar-refractivity contribution in [3.05, 3.63) is 30.3 Å². The lowest BCUT2D eigenvalue weighted by atomic mass is 10.3. The van der Waals surface area contributed by atoms with E-state index in [0.29, 0.717) is 12.2 Å². The van der Waals surface area contributed by atoms with E-state index in [1.807, 2.05) is 37.3 Å². The molecular formula is C9H12O2. The van der Waals surface area contributed by atoms with Gasteiger partial charge in [-0.1, -0.05) is 25.1 Å². The number of benzene rings is 1. The molecule has 0 amide bonds. The second kappa shape index (κ2) is 3.98. The molecule has 0 heterocycles. The molecule has 0 spiro atoms. The third kappa shape index (κ3) is 2.60. The number of hydrogen-bond donors (Lipinski definition) is 1. The number of ether oxygens (including phenoxy) is 1. The maximum Gasteiger partial charge on any atom is 0.197 e. The van der Waals surface area contributed by atoms with Gasteiger partial charge in [0.2, 0.25) is 0 Å². The number of aliphatic hydroxyl groups is 1. The molecule has 0 unspecified atom stereocenters. The lowest BCUT2D eigenvalue weighted by Gasteiger charge is -2.10. The van der Waals surface area contributed by atoms with Crippen LogP contribution in [0.1, 0.15) is 13.3 Å². The van der Waals surface area contributed by atoms with E-state index in [4.69, 9.17) is 9.84 Å². The zero-order valence-electron chi connectivity index (χ0n) is 6.53. The van der Waals surface area contributed by atoms with Gasteiger partial charge in [-0.2, -0.15) is 0 Å². The highest BCUT2D eigenvalue weighted by Crippen LogP contribution is 2.10. The van der Waals surface area contributed by atoms with E-state index >= 15 is 0 Å². The molecule has 0 aliphatic carbocycles. The van der Waals surface area contributed by atoms with Crippen molar-refractivity contribution in [2.24, 2.45) is 0 Å². The number of hydrogen-bond acceptors (Lipinski definition) is 2. The van der Waals surface area contributed by atoms with Crippen LogP contribution in [0.5, 0.6) is 5.75 Å². The van der Waals surface area contributed by atoms with Gasteiger partial charge in [0.05, 0.1) is 0 Å². The summed E-state index contributed by atoms with van der Waals surface area (Å²) in [5.41, 5.74) is 0. The summed E-state index contributed by atoms with van der Waals surface area (Å²) in [6.45, 7) is 1.87. The summed E-state index contributed by atoms with van der Waals surface area (Å²) in [5, 5.41) is 9.09. The van der Waals surface area contributed by atoms with Crippen molar-refractivity contribution >= 4 is 0 Å². The highest BCUT2D eigenvalue weighted by molar-refractivity contribution is 5.20. The minimum absolute atomic E-state index is 0.606. The van der Waals surface area contributed by atoms with Crippen molar-refractivity contribution in [2.45, 2.75) is 19.6 Å². The fourth-order valence-corrected chi connectivity index (χ4v) is 0.739. The van der Waals surface area contributed by atoms with Gasteiger partial charge < -0.3 is 9.84 Å². The Morgan fingerprint density at radius 3 is 2.55 bits per heavy atom. The summed E-state index contributed by atoms with van der Waals surface area (Å²) in [6, 6.07) is 9.29. The average molecular weight is 152 g/mol. The quantitative estimate of drug-likeness (QED) is 0.669. The van der Waals surface area contributed by atoms with Crippen LogP contribution in [-0.2, 0) is 0 Å².